The first-order valence-electron chi connectivity index (χ1n) is 6.14. The Bertz CT molecular complexity index is 247. The topological polar surface area (TPSA) is 42.5 Å². The lowest BCUT2D eigenvalue weighted by molar-refractivity contribution is 0.00578. The van der Waals surface area contributed by atoms with E-state index in [1.165, 1.54) is 0 Å². The van der Waals surface area contributed by atoms with Gasteiger partial charge in [-0.05, 0) is 34.6 Å². The predicted octanol–water partition coefficient (Wildman–Crippen LogP) is 0.568. The highest BCUT2D eigenvalue weighted by molar-refractivity contribution is 6.47. The van der Waals surface area contributed by atoms with Gasteiger partial charge in [0.1, 0.15) is 0 Å². The number of rotatable bonds is 1. The van der Waals surface area contributed by atoms with Crippen LogP contribution in [0.15, 0.2) is 0 Å². The first kappa shape index (κ1) is 12.4. The molecule has 0 aliphatic carbocycles. The Kier molecular flexibility index (Phi) is 3.08. The van der Waals surface area contributed by atoms with E-state index in [0.717, 1.165) is 13.1 Å². The molecule has 92 valence electrons. The molecule has 16 heavy (non-hydrogen) atoms. The van der Waals surface area contributed by atoms with Crippen LogP contribution in [0.3, 0.4) is 0 Å². The SMILES string of the molecule is CC1CNC(B2OC(C)(C)C(C)(C)O2)CN1. The van der Waals surface area contributed by atoms with Gasteiger partial charge in [0.15, 0.2) is 0 Å². The second-order valence-electron chi connectivity index (χ2n) is 5.95. The van der Waals surface area contributed by atoms with Crippen LogP contribution in [0.5, 0.6) is 0 Å². The van der Waals surface area contributed by atoms with Gasteiger partial charge in [0, 0.05) is 19.1 Å². The van der Waals surface area contributed by atoms with Gasteiger partial charge in [-0.2, -0.15) is 0 Å². The largest absolute Gasteiger partial charge is 0.477 e. The van der Waals surface area contributed by atoms with Gasteiger partial charge >= 0.3 is 7.12 Å². The Labute approximate surface area is 98.6 Å². The minimum atomic E-state index is -0.234. The molecular weight excluding hydrogens is 203 g/mol. The molecule has 2 N–H and O–H groups in total. The van der Waals surface area contributed by atoms with Crippen LogP contribution in [0.4, 0.5) is 0 Å². The van der Waals surface area contributed by atoms with Crippen LogP contribution in [0.25, 0.3) is 0 Å². The zero-order valence-corrected chi connectivity index (χ0v) is 11.0. The van der Waals surface area contributed by atoms with Crippen molar-refractivity contribution in [3.63, 3.8) is 0 Å². The summed E-state index contributed by atoms with van der Waals surface area (Å²) in [6.45, 7) is 12.4. The highest BCUT2D eigenvalue weighted by Gasteiger charge is 2.53. The maximum Gasteiger partial charge on any atom is 0.477 e. The molecule has 0 radical (unpaired) electrons. The van der Waals surface area contributed by atoms with Crippen LogP contribution >= 0.6 is 0 Å². The molecule has 2 aliphatic rings. The van der Waals surface area contributed by atoms with Gasteiger partial charge in [-0.3, -0.25) is 0 Å². The van der Waals surface area contributed by atoms with Gasteiger partial charge in [-0.15, -0.1) is 0 Å². The van der Waals surface area contributed by atoms with Crippen molar-refractivity contribution in [2.75, 3.05) is 13.1 Å². The van der Waals surface area contributed by atoms with E-state index in [2.05, 4.69) is 45.3 Å². The van der Waals surface area contributed by atoms with Gasteiger partial charge in [0.25, 0.3) is 0 Å². The molecule has 2 fully saturated rings. The van der Waals surface area contributed by atoms with Crippen molar-refractivity contribution in [1.82, 2.24) is 10.6 Å². The van der Waals surface area contributed by atoms with Gasteiger partial charge in [-0.25, -0.2) is 0 Å². The first-order valence-corrected chi connectivity index (χ1v) is 6.14. The van der Waals surface area contributed by atoms with Crippen molar-refractivity contribution in [2.24, 2.45) is 0 Å². The van der Waals surface area contributed by atoms with Crippen LogP contribution in [0.2, 0.25) is 0 Å². The molecule has 2 aliphatic heterocycles. The van der Waals surface area contributed by atoms with Crippen molar-refractivity contribution < 1.29 is 9.31 Å². The van der Waals surface area contributed by atoms with Crippen LogP contribution < -0.4 is 10.6 Å². The maximum atomic E-state index is 6.01. The lowest BCUT2D eigenvalue weighted by Gasteiger charge is -2.32. The Morgan fingerprint density at radius 1 is 1.00 bits per heavy atom. The van der Waals surface area contributed by atoms with Crippen molar-refractivity contribution in [1.29, 1.82) is 0 Å². The Morgan fingerprint density at radius 3 is 2.00 bits per heavy atom. The third-order valence-corrected chi connectivity index (χ3v) is 3.97. The molecule has 2 saturated heterocycles. The third kappa shape index (κ3) is 2.14. The fourth-order valence-electron chi connectivity index (χ4n) is 2.05. The molecule has 0 aromatic carbocycles. The summed E-state index contributed by atoms with van der Waals surface area (Å²) in [4.78, 5) is 0. The fraction of sp³-hybridized carbons (Fsp3) is 1.00. The molecule has 0 bridgehead atoms. The lowest BCUT2D eigenvalue weighted by atomic mass is 9.77. The van der Waals surface area contributed by atoms with E-state index in [-0.39, 0.29) is 24.3 Å². The minimum Gasteiger partial charge on any atom is -0.402 e. The molecule has 0 aromatic heterocycles. The molecule has 2 heterocycles. The van der Waals surface area contributed by atoms with Crippen molar-refractivity contribution in [3.05, 3.63) is 0 Å². The van der Waals surface area contributed by atoms with Crippen LogP contribution in [-0.4, -0.2) is 43.4 Å². The zero-order valence-electron chi connectivity index (χ0n) is 11.0. The van der Waals surface area contributed by atoms with E-state index in [1.807, 2.05) is 0 Å². The van der Waals surface area contributed by atoms with Crippen LogP contribution in [0.1, 0.15) is 34.6 Å². The number of hydrogen-bond donors (Lipinski definition) is 2. The molecular formula is C11H23BN2O2. The zero-order chi connectivity index (χ0) is 12.0. The summed E-state index contributed by atoms with van der Waals surface area (Å²) < 4.78 is 12.0. The highest BCUT2D eigenvalue weighted by Crippen LogP contribution is 2.37. The lowest BCUT2D eigenvalue weighted by Crippen LogP contribution is -2.60. The quantitative estimate of drug-likeness (QED) is 0.641. The minimum absolute atomic E-state index is 0.148. The molecule has 2 unspecified atom stereocenters. The summed E-state index contributed by atoms with van der Waals surface area (Å²) in [6, 6.07) is 0.527. The molecule has 2 rings (SSSR count). The van der Waals surface area contributed by atoms with Crippen LogP contribution in [0, 0.1) is 0 Å². The van der Waals surface area contributed by atoms with Gasteiger partial charge in [-0.1, -0.05) is 0 Å². The maximum absolute atomic E-state index is 6.01. The highest BCUT2D eigenvalue weighted by atomic mass is 16.7. The monoisotopic (exact) mass is 226 g/mol. The summed E-state index contributed by atoms with van der Waals surface area (Å²) in [7, 11) is -0.148. The summed E-state index contributed by atoms with van der Waals surface area (Å²) >= 11 is 0. The van der Waals surface area contributed by atoms with Crippen molar-refractivity contribution >= 4 is 7.12 Å². The number of nitrogens with one attached hydrogen (secondary N) is 2. The Morgan fingerprint density at radius 2 is 1.56 bits per heavy atom. The number of hydrogen-bond acceptors (Lipinski definition) is 4. The first-order chi connectivity index (χ1) is 7.32. The van der Waals surface area contributed by atoms with E-state index in [4.69, 9.17) is 9.31 Å². The van der Waals surface area contributed by atoms with E-state index >= 15 is 0 Å². The summed E-state index contributed by atoms with van der Waals surface area (Å²) in [6.07, 6.45) is 0. The smallest absolute Gasteiger partial charge is 0.402 e. The van der Waals surface area contributed by atoms with E-state index in [9.17, 15) is 0 Å². The second-order valence-corrected chi connectivity index (χ2v) is 5.95. The molecule has 5 heteroatoms. The average Bonchev–Trinajstić information content (AvgIpc) is 2.37. The predicted molar refractivity (Wildman–Crippen MR) is 65.3 cm³/mol. The van der Waals surface area contributed by atoms with E-state index in [0.29, 0.717) is 6.04 Å². The summed E-state index contributed by atoms with van der Waals surface area (Å²) in [5, 5.41) is 6.91. The molecule has 0 aromatic rings. The summed E-state index contributed by atoms with van der Waals surface area (Å²) in [5.41, 5.74) is -0.467. The Hall–Kier alpha value is -0.0951. The van der Waals surface area contributed by atoms with E-state index < -0.39 is 0 Å². The molecule has 0 amide bonds. The summed E-state index contributed by atoms with van der Waals surface area (Å²) in [5.74, 6) is 0.247. The standard InChI is InChI=1S/C11H23BN2O2/c1-8-6-14-9(7-13-8)12-15-10(2,3)11(4,5)16-12/h8-9,13-14H,6-7H2,1-5H3. The van der Waals surface area contributed by atoms with Gasteiger partial charge in [0.2, 0.25) is 0 Å². The van der Waals surface area contributed by atoms with Gasteiger partial charge in [0.05, 0.1) is 17.1 Å². The molecule has 4 nitrogen and oxygen atoms in total. The number of piperazine rings is 1. The van der Waals surface area contributed by atoms with E-state index in [1.54, 1.807) is 0 Å². The second kappa shape index (κ2) is 3.98. The Balaban J connectivity index is 1.98. The molecule has 2 atom stereocenters. The normalized spacial score (nSPS) is 37.7. The average molecular weight is 226 g/mol. The molecule has 0 spiro atoms. The fourth-order valence-corrected chi connectivity index (χ4v) is 2.05. The van der Waals surface area contributed by atoms with Crippen LogP contribution in [-0.2, 0) is 9.31 Å². The third-order valence-electron chi connectivity index (χ3n) is 3.97. The van der Waals surface area contributed by atoms with Gasteiger partial charge < -0.3 is 19.9 Å². The van der Waals surface area contributed by atoms with Crippen molar-refractivity contribution in [3.8, 4) is 0 Å². The molecule has 0 saturated carbocycles. The van der Waals surface area contributed by atoms with Crippen molar-refractivity contribution in [2.45, 2.75) is 57.8 Å².